The Kier molecular flexibility index (Phi) is 3.76. The molecule has 1 saturated carbocycles. The van der Waals surface area contributed by atoms with Crippen molar-refractivity contribution in [2.75, 3.05) is 28.7 Å². The standard InChI is InChI=1S/C17H20N6O/c1-22-10-15(24)23(13-6-3-7-18-8-13)9-14-16(19-11-20-17(14)22)21-12-4-2-5-12/h3,6-8,11-12H,2,4-5,9-10H2,1H3,(H,19,20,21). The van der Waals surface area contributed by atoms with Crippen molar-refractivity contribution in [2.24, 2.45) is 0 Å². The molecule has 0 spiro atoms. The normalized spacial score (nSPS) is 18.0. The van der Waals surface area contributed by atoms with Crippen molar-refractivity contribution in [2.45, 2.75) is 31.8 Å². The zero-order chi connectivity index (χ0) is 16.5. The fourth-order valence-electron chi connectivity index (χ4n) is 3.11. The number of likely N-dealkylation sites (N-methyl/N-ethyl adjacent to an activating group) is 1. The number of amides is 1. The van der Waals surface area contributed by atoms with E-state index in [2.05, 4.69) is 20.3 Å². The van der Waals surface area contributed by atoms with Crippen molar-refractivity contribution in [1.29, 1.82) is 0 Å². The van der Waals surface area contributed by atoms with Crippen LogP contribution in [0.2, 0.25) is 0 Å². The average Bonchev–Trinajstić information content (AvgIpc) is 2.69. The maximum absolute atomic E-state index is 12.7. The van der Waals surface area contributed by atoms with E-state index in [4.69, 9.17) is 0 Å². The van der Waals surface area contributed by atoms with Crippen LogP contribution in [0, 0.1) is 0 Å². The molecule has 2 aromatic rings. The lowest BCUT2D eigenvalue weighted by Gasteiger charge is -2.29. The van der Waals surface area contributed by atoms with E-state index in [9.17, 15) is 4.79 Å². The summed E-state index contributed by atoms with van der Waals surface area (Å²) in [6.07, 6.45) is 8.58. The van der Waals surface area contributed by atoms with E-state index in [0.717, 1.165) is 22.9 Å². The Morgan fingerprint density at radius 1 is 1.25 bits per heavy atom. The van der Waals surface area contributed by atoms with Crippen LogP contribution in [0.5, 0.6) is 0 Å². The second-order valence-corrected chi connectivity index (χ2v) is 6.34. The zero-order valence-electron chi connectivity index (χ0n) is 13.6. The molecule has 2 aliphatic rings. The van der Waals surface area contributed by atoms with Gasteiger partial charge in [0.2, 0.25) is 5.91 Å². The van der Waals surface area contributed by atoms with Gasteiger partial charge in [-0.25, -0.2) is 9.97 Å². The van der Waals surface area contributed by atoms with Gasteiger partial charge < -0.3 is 15.1 Å². The fourth-order valence-corrected chi connectivity index (χ4v) is 3.11. The SMILES string of the molecule is CN1CC(=O)N(c2cccnc2)Cc2c(NC3CCC3)ncnc21. The minimum atomic E-state index is 0.0260. The molecule has 1 aliphatic carbocycles. The van der Waals surface area contributed by atoms with Gasteiger partial charge in [0.25, 0.3) is 0 Å². The summed E-state index contributed by atoms with van der Waals surface area (Å²) < 4.78 is 0. The molecule has 124 valence electrons. The molecule has 0 saturated heterocycles. The summed E-state index contributed by atoms with van der Waals surface area (Å²) in [5, 5.41) is 3.51. The molecule has 0 bridgehead atoms. The number of hydrogen-bond acceptors (Lipinski definition) is 6. The Labute approximate surface area is 140 Å². The Hall–Kier alpha value is -2.70. The van der Waals surface area contributed by atoms with Crippen molar-refractivity contribution in [1.82, 2.24) is 15.0 Å². The maximum Gasteiger partial charge on any atom is 0.246 e. The van der Waals surface area contributed by atoms with Gasteiger partial charge in [0.15, 0.2) is 0 Å². The summed E-state index contributed by atoms with van der Waals surface area (Å²) >= 11 is 0. The van der Waals surface area contributed by atoms with E-state index in [1.54, 1.807) is 23.6 Å². The highest BCUT2D eigenvalue weighted by Gasteiger charge is 2.29. The summed E-state index contributed by atoms with van der Waals surface area (Å²) in [5.41, 5.74) is 1.75. The van der Waals surface area contributed by atoms with E-state index in [-0.39, 0.29) is 12.5 Å². The topological polar surface area (TPSA) is 74.2 Å². The Morgan fingerprint density at radius 3 is 2.83 bits per heavy atom. The molecule has 0 atom stereocenters. The molecular formula is C17H20N6O. The molecule has 24 heavy (non-hydrogen) atoms. The molecule has 3 heterocycles. The third-order valence-corrected chi connectivity index (χ3v) is 4.68. The van der Waals surface area contributed by atoms with Gasteiger partial charge in [-0.1, -0.05) is 0 Å². The summed E-state index contributed by atoms with van der Waals surface area (Å²) in [6, 6.07) is 4.21. The molecule has 0 aromatic carbocycles. The summed E-state index contributed by atoms with van der Waals surface area (Å²) in [4.78, 5) is 29.3. The highest BCUT2D eigenvalue weighted by atomic mass is 16.2. The van der Waals surface area contributed by atoms with Crippen molar-refractivity contribution >= 4 is 23.2 Å². The molecular weight excluding hydrogens is 304 g/mol. The monoisotopic (exact) mass is 324 g/mol. The van der Waals surface area contributed by atoms with Gasteiger partial charge in [-0.05, 0) is 31.4 Å². The molecule has 4 rings (SSSR count). The first kappa shape index (κ1) is 14.9. The van der Waals surface area contributed by atoms with Gasteiger partial charge in [0.1, 0.15) is 18.0 Å². The maximum atomic E-state index is 12.7. The van der Waals surface area contributed by atoms with Gasteiger partial charge in [-0.15, -0.1) is 0 Å². The number of nitrogens with one attached hydrogen (secondary N) is 1. The number of fused-ring (bicyclic) bond motifs is 1. The van der Waals surface area contributed by atoms with Crippen LogP contribution in [0.25, 0.3) is 0 Å². The number of rotatable bonds is 3. The number of anilines is 3. The quantitative estimate of drug-likeness (QED) is 0.928. The van der Waals surface area contributed by atoms with E-state index in [0.29, 0.717) is 12.6 Å². The Morgan fingerprint density at radius 2 is 2.12 bits per heavy atom. The Bertz CT molecular complexity index is 746. The molecule has 0 unspecified atom stereocenters. The minimum Gasteiger partial charge on any atom is -0.367 e. The summed E-state index contributed by atoms with van der Waals surface area (Å²) in [6.45, 7) is 0.724. The first-order chi connectivity index (χ1) is 11.7. The van der Waals surface area contributed by atoms with Crippen LogP contribution in [-0.4, -0.2) is 40.5 Å². The summed E-state index contributed by atoms with van der Waals surface area (Å²) in [7, 11) is 1.89. The molecule has 1 fully saturated rings. The summed E-state index contributed by atoms with van der Waals surface area (Å²) in [5.74, 6) is 1.67. The smallest absolute Gasteiger partial charge is 0.246 e. The predicted octanol–water partition coefficient (Wildman–Crippen LogP) is 1.82. The minimum absolute atomic E-state index is 0.0260. The van der Waals surface area contributed by atoms with Crippen LogP contribution < -0.4 is 15.1 Å². The lowest BCUT2D eigenvalue weighted by Crippen LogP contribution is -2.35. The van der Waals surface area contributed by atoms with Gasteiger partial charge >= 0.3 is 0 Å². The average molecular weight is 324 g/mol. The number of carbonyl (C=O) groups excluding carboxylic acids is 1. The molecule has 7 heteroatoms. The third-order valence-electron chi connectivity index (χ3n) is 4.68. The second-order valence-electron chi connectivity index (χ2n) is 6.34. The first-order valence-electron chi connectivity index (χ1n) is 8.24. The van der Waals surface area contributed by atoms with Crippen LogP contribution in [-0.2, 0) is 11.3 Å². The number of nitrogens with zero attached hydrogens (tertiary/aromatic N) is 5. The van der Waals surface area contributed by atoms with Gasteiger partial charge in [-0.2, -0.15) is 0 Å². The van der Waals surface area contributed by atoms with Crippen molar-refractivity contribution in [3.05, 3.63) is 36.4 Å². The highest BCUT2D eigenvalue weighted by molar-refractivity contribution is 5.97. The van der Waals surface area contributed by atoms with Gasteiger partial charge in [0, 0.05) is 19.3 Å². The van der Waals surface area contributed by atoms with Gasteiger partial charge in [-0.3, -0.25) is 9.78 Å². The molecule has 1 aliphatic heterocycles. The van der Waals surface area contributed by atoms with Crippen molar-refractivity contribution in [3.8, 4) is 0 Å². The number of pyridine rings is 1. The number of aromatic nitrogens is 3. The van der Waals surface area contributed by atoms with E-state index in [1.165, 1.54) is 19.3 Å². The molecule has 0 radical (unpaired) electrons. The predicted molar refractivity (Wildman–Crippen MR) is 92.0 cm³/mol. The molecule has 1 N–H and O–H groups in total. The fraction of sp³-hybridized carbons (Fsp3) is 0.412. The lowest BCUT2D eigenvalue weighted by atomic mass is 9.93. The largest absolute Gasteiger partial charge is 0.367 e. The van der Waals surface area contributed by atoms with Crippen LogP contribution in [0.3, 0.4) is 0 Å². The first-order valence-corrected chi connectivity index (χ1v) is 8.24. The highest BCUT2D eigenvalue weighted by Crippen LogP contribution is 2.31. The van der Waals surface area contributed by atoms with Crippen LogP contribution in [0.4, 0.5) is 17.3 Å². The molecule has 7 nitrogen and oxygen atoms in total. The third kappa shape index (κ3) is 2.66. The van der Waals surface area contributed by atoms with Crippen molar-refractivity contribution < 1.29 is 4.79 Å². The van der Waals surface area contributed by atoms with Crippen LogP contribution >= 0.6 is 0 Å². The molecule has 2 aromatic heterocycles. The van der Waals surface area contributed by atoms with E-state index in [1.807, 2.05) is 24.1 Å². The molecule has 1 amide bonds. The number of carbonyl (C=O) groups is 1. The van der Waals surface area contributed by atoms with Crippen LogP contribution in [0.1, 0.15) is 24.8 Å². The van der Waals surface area contributed by atoms with Crippen LogP contribution in [0.15, 0.2) is 30.9 Å². The van der Waals surface area contributed by atoms with E-state index < -0.39 is 0 Å². The Balaban J connectivity index is 1.72. The second kappa shape index (κ2) is 6.07. The zero-order valence-corrected chi connectivity index (χ0v) is 13.6. The van der Waals surface area contributed by atoms with Crippen molar-refractivity contribution in [3.63, 3.8) is 0 Å². The van der Waals surface area contributed by atoms with E-state index >= 15 is 0 Å². The van der Waals surface area contributed by atoms with Gasteiger partial charge in [0.05, 0.1) is 30.5 Å². The lowest BCUT2D eigenvalue weighted by molar-refractivity contribution is -0.117. The number of hydrogen-bond donors (Lipinski definition) is 1.